The molecule has 0 atom stereocenters. The van der Waals surface area contributed by atoms with Gasteiger partial charge in [-0.1, -0.05) is 20.8 Å². The molecule has 0 spiro atoms. The highest BCUT2D eigenvalue weighted by atomic mass is 16.5. The van der Waals surface area contributed by atoms with Gasteiger partial charge in [0, 0.05) is 19.1 Å². The lowest BCUT2D eigenvalue weighted by atomic mass is 9.83. The Labute approximate surface area is 83.1 Å². The van der Waals surface area contributed by atoms with Gasteiger partial charge in [-0.05, 0) is 25.8 Å². The Hall–Kier alpha value is -0.0800. The highest BCUT2D eigenvalue weighted by molar-refractivity contribution is 4.78. The molecule has 0 fully saturated rings. The van der Waals surface area contributed by atoms with E-state index >= 15 is 0 Å². The van der Waals surface area contributed by atoms with Gasteiger partial charge in [0.1, 0.15) is 0 Å². The van der Waals surface area contributed by atoms with E-state index in [9.17, 15) is 0 Å². The van der Waals surface area contributed by atoms with Crippen LogP contribution in [0.15, 0.2) is 0 Å². The summed E-state index contributed by atoms with van der Waals surface area (Å²) in [5.41, 5.74) is 0.351. The zero-order valence-corrected chi connectivity index (χ0v) is 9.65. The summed E-state index contributed by atoms with van der Waals surface area (Å²) in [5.74, 6) is 0. The highest BCUT2D eigenvalue weighted by Gasteiger charge is 2.25. The lowest BCUT2D eigenvalue weighted by molar-refractivity contribution is 0.0717. The molecule has 1 N–H and O–H groups in total. The Morgan fingerprint density at radius 2 is 1.77 bits per heavy atom. The van der Waals surface area contributed by atoms with Gasteiger partial charge in [-0.15, -0.1) is 0 Å². The molecule has 0 unspecified atom stereocenters. The number of methoxy groups -OCH3 is 1. The Morgan fingerprint density at radius 3 is 2.15 bits per heavy atom. The molecule has 0 saturated heterocycles. The number of rotatable bonds is 8. The van der Waals surface area contributed by atoms with Crippen molar-refractivity contribution < 1.29 is 4.74 Å². The van der Waals surface area contributed by atoms with Gasteiger partial charge in [0.05, 0.1) is 6.61 Å². The van der Waals surface area contributed by atoms with Crippen LogP contribution in [0.3, 0.4) is 0 Å². The number of ether oxygens (including phenoxy) is 1. The van der Waals surface area contributed by atoms with E-state index in [0.29, 0.717) is 5.41 Å². The van der Waals surface area contributed by atoms with Crippen molar-refractivity contribution in [2.24, 2.45) is 5.41 Å². The van der Waals surface area contributed by atoms with Gasteiger partial charge >= 0.3 is 0 Å². The molecule has 0 aromatic heterocycles. The topological polar surface area (TPSA) is 21.3 Å². The highest BCUT2D eigenvalue weighted by Crippen LogP contribution is 2.25. The van der Waals surface area contributed by atoms with E-state index in [1.54, 1.807) is 7.11 Å². The van der Waals surface area contributed by atoms with E-state index in [4.69, 9.17) is 4.74 Å². The van der Waals surface area contributed by atoms with Gasteiger partial charge in [-0.2, -0.15) is 0 Å². The number of hydrogen-bond acceptors (Lipinski definition) is 2. The summed E-state index contributed by atoms with van der Waals surface area (Å²) in [6.45, 7) is 9.76. The fourth-order valence-electron chi connectivity index (χ4n) is 1.59. The van der Waals surface area contributed by atoms with Crippen molar-refractivity contribution >= 4 is 0 Å². The number of nitrogens with one attached hydrogen (secondary N) is 1. The summed E-state index contributed by atoms with van der Waals surface area (Å²) < 4.78 is 5.28. The van der Waals surface area contributed by atoms with Crippen molar-refractivity contribution in [1.82, 2.24) is 5.32 Å². The fourth-order valence-corrected chi connectivity index (χ4v) is 1.59. The average molecular weight is 187 g/mol. The minimum atomic E-state index is 0.351. The molecule has 0 heterocycles. The van der Waals surface area contributed by atoms with Crippen LogP contribution in [0.2, 0.25) is 0 Å². The largest absolute Gasteiger partial charge is 0.384 e. The second kappa shape index (κ2) is 7.34. The van der Waals surface area contributed by atoms with Gasteiger partial charge in [0.25, 0.3) is 0 Å². The third kappa shape index (κ3) is 4.63. The molecule has 2 nitrogen and oxygen atoms in total. The van der Waals surface area contributed by atoms with Crippen molar-refractivity contribution in [3.05, 3.63) is 0 Å². The summed E-state index contributed by atoms with van der Waals surface area (Å²) in [5, 5.41) is 3.48. The Bertz CT molecular complexity index is 111. The maximum absolute atomic E-state index is 5.28. The van der Waals surface area contributed by atoms with Gasteiger partial charge < -0.3 is 10.1 Å². The molecular formula is C11H25NO. The van der Waals surface area contributed by atoms with E-state index in [0.717, 1.165) is 19.7 Å². The molecule has 0 amide bonds. The molecule has 0 aliphatic heterocycles. The molecule has 0 aromatic carbocycles. The van der Waals surface area contributed by atoms with E-state index < -0.39 is 0 Å². The molecule has 0 saturated carbocycles. The normalized spacial score (nSPS) is 12.0. The zero-order valence-electron chi connectivity index (χ0n) is 9.65. The lowest BCUT2D eigenvalue weighted by Gasteiger charge is -2.31. The first kappa shape index (κ1) is 12.9. The fraction of sp³-hybridized carbons (Fsp3) is 1.00. The summed E-state index contributed by atoms with van der Waals surface area (Å²) in [7, 11) is 1.79. The molecular weight excluding hydrogens is 162 g/mol. The quantitative estimate of drug-likeness (QED) is 0.589. The second-order valence-electron chi connectivity index (χ2n) is 3.82. The van der Waals surface area contributed by atoms with Crippen molar-refractivity contribution in [2.45, 2.75) is 40.0 Å². The Morgan fingerprint density at radius 1 is 1.15 bits per heavy atom. The summed E-state index contributed by atoms with van der Waals surface area (Å²) >= 11 is 0. The van der Waals surface area contributed by atoms with Crippen LogP contribution in [-0.4, -0.2) is 26.8 Å². The third-order valence-corrected chi connectivity index (χ3v) is 2.88. The standard InChI is InChI=1S/C11H25NO/c1-5-8-12-9-11(6-2,7-3)10-13-4/h12H,5-10H2,1-4H3. The van der Waals surface area contributed by atoms with Gasteiger partial charge in [0.15, 0.2) is 0 Å². The SMILES string of the molecule is CCCNCC(CC)(CC)COC. The average Bonchev–Trinajstić information content (AvgIpc) is 2.17. The third-order valence-electron chi connectivity index (χ3n) is 2.88. The maximum Gasteiger partial charge on any atom is 0.0530 e. The minimum absolute atomic E-state index is 0.351. The van der Waals surface area contributed by atoms with Gasteiger partial charge in [0.2, 0.25) is 0 Å². The molecule has 0 aliphatic rings. The molecule has 0 rings (SSSR count). The molecule has 0 radical (unpaired) electrons. The monoisotopic (exact) mass is 187 g/mol. The smallest absolute Gasteiger partial charge is 0.0530 e. The van der Waals surface area contributed by atoms with Crippen molar-refractivity contribution in [3.63, 3.8) is 0 Å². The Kier molecular flexibility index (Phi) is 7.29. The number of hydrogen-bond donors (Lipinski definition) is 1. The van der Waals surface area contributed by atoms with Crippen LogP contribution in [0.4, 0.5) is 0 Å². The summed E-state index contributed by atoms with van der Waals surface area (Å²) in [6.07, 6.45) is 3.58. The van der Waals surface area contributed by atoms with Crippen molar-refractivity contribution in [1.29, 1.82) is 0 Å². The van der Waals surface area contributed by atoms with Crippen molar-refractivity contribution in [3.8, 4) is 0 Å². The van der Waals surface area contributed by atoms with Crippen LogP contribution in [0.5, 0.6) is 0 Å². The van der Waals surface area contributed by atoms with Crippen LogP contribution in [-0.2, 0) is 4.74 Å². The lowest BCUT2D eigenvalue weighted by Crippen LogP contribution is -2.37. The predicted octanol–water partition coefficient (Wildman–Crippen LogP) is 2.44. The molecule has 80 valence electrons. The molecule has 2 heteroatoms. The van der Waals surface area contributed by atoms with Crippen LogP contribution in [0, 0.1) is 5.41 Å². The molecule has 0 aliphatic carbocycles. The summed E-state index contributed by atoms with van der Waals surface area (Å²) in [4.78, 5) is 0. The van der Waals surface area contributed by atoms with Crippen LogP contribution >= 0.6 is 0 Å². The van der Waals surface area contributed by atoms with E-state index in [1.807, 2.05) is 0 Å². The summed E-state index contributed by atoms with van der Waals surface area (Å²) in [6, 6.07) is 0. The van der Waals surface area contributed by atoms with Gasteiger partial charge in [-0.3, -0.25) is 0 Å². The molecule has 0 bridgehead atoms. The predicted molar refractivity (Wildman–Crippen MR) is 58.1 cm³/mol. The molecule has 13 heavy (non-hydrogen) atoms. The zero-order chi connectivity index (χ0) is 10.2. The Balaban J connectivity index is 3.89. The van der Waals surface area contributed by atoms with Gasteiger partial charge in [-0.25, -0.2) is 0 Å². The maximum atomic E-state index is 5.28. The van der Waals surface area contributed by atoms with Crippen molar-refractivity contribution in [2.75, 3.05) is 26.8 Å². The first-order valence-electron chi connectivity index (χ1n) is 5.44. The van der Waals surface area contributed by atoms with E-state index in [2.05, 4.69) is 26.1 Å². The van der Waals surface area contributed by atoms with E-state index in [-0.39, 0.29) is 0 Å². The van der Waals surface area contributed by atoms with Crippen LogP contribution < -0.4 is 5.32 Å². The van der Waals surface area contributed by atoms with Crippen LogP contribution in [0.25, 0.3) is 0 Å². The first-order chi connectivity index (χ1) is 6.24. The molecule has 0 aromatic rings. The van der Waals surface area contributed by atoms with E-state index in [1.165, 1.54) is 19.3 Å². The minimum Gasteiger partial charge on any atom is -0.384 e. The first-order valence-corrected chi connectivity index (χ1v) is 5.44. The van der Waals surface area contributed by atoms with Crippen LogP contribution in [0.1, 0.15) is 40.0 Å². The second-order valence-corrected chi connectivity index (χ2v) is 3.82.